The van der Waals surface area contributed by atoms with Gasteiger partial charge in [0.15, 0.2) is 0 Å². The first-order valence-corrected chi connectivity index (χ1v) is 16.2. The maximum Gasteiger partial charge on any atom is 0.104 e. The summed E-state index contributed by atoms with van der Waals surface area (Å²) in [5, 5.41) is 0. The Morgan fingerprint density at radius 2 is 0.714 bits per heavy atom. The number of hydrogen-bond acceptors (Lipinski definition) is 0. The molecule has 0 radical (unpaired) electrons. The molecule has 1 nitrogen and oxygen atoms in total. The molecule has 0 aliphatic rings. The van der Waals surface area contributed by atoms with E-state index >= 15 is 0 Å². The van der Waals surface area contributed by atoms with Crippen LogP contribution in [0.2, 0.25) is 0 Å². The van der Waals surface area contributed by atoms with Gasteiger partial charge in [0.1, 0.15) is 6.54 Å². The van der Waals surface area contributed by atoms with E-state index in [1.54, 1.807) is 5.56 Å². The Balaban J connectivity index is 2.66. The molecule has 204 valence electrons. The highest BCUT2D eigenvalue weighted by molar-refractivity contribution is 5.13. The van der Waals surface area contributed by atoms with Crippen LogP contribution in [0, 0.1) is 0 Å². The van der Waals surface area contributed by atoms with Crippen molar-refractivity contribution in [1.29, 1.82) is 0 Å². The number of nitrogens with zero attached hydrogens (tertiary/aromatic N) is 1. The van der Waals surface area contributed by atoms with Crippen molar-refractivity contribution in [3.8, 4) is 0 Å². The first kappa shape index (κ1) is 32.2. The lowest BCUT2D eigenvalue weighted by molar-refractivity contribution is -0.941. The standard InChI is InChI=1S/C34H64N/c1-4-7-10-13-16-19-25-30-35(33-34-28-23-22-24-29-34,31-26-20-17-14-11-8-5-2)32-27-21-18-15-12-9-6-3/h22-24,28-29H,4-21,25-27,30-33H2,1-3H3/q+1. The maximum atomic E-state index is 2.38. The van der Waals surface area contributed by atoms with E-state index in [9.17, 15) is 0 Å². The van der Waals surface area contributed by atoms with Gasteiger partial charge in [0.25, 0.3) is 0 Å². The molecule has 0 bridgehead atoms. The maximum absolute atomic E-state index is 2.38. The van der Waals surface area contributed by atoms with Gasteiger partial charge in [0, 0.05) is 5.56 Å². The molecule has 0 aliphatic carbocycles. The number of unbranched alkanes of at least 4 members (excludes halogenated alkanes) is 18. The first-order chi connectivity index (χ1) is 17.3. The summed E-state index contributed by atoms with van der Waals surface area (Å²) in [6.45, 7) is 12.4. The third kappa shape index (κ3) is 18.1. The van der Waals surface area contributed by atoms with E-state index in [1.807, 2.05) is 0 Å². The number of hydrogen-bond donors (Lipinski definition) is 0. The summed E-state index contributed by atoms with van der Waals surface area (Å²) < 4.78 is 1.35. The van der Waals surface area contributed by atoms with Gasteiger partial charge in [-0.25, -0.2) is 0 Å². The van der Waals surface area contributed by atoms with E-state index < -0.39 is 0 Å². The minimum atomic E-state index is 1.25. The van der Waals surface area contributed by atoms with Gasteiger partial charge < -0.3 is 4.48 Å². The normalized spacial score (nSPS) is 11.9. The van der Waals surface area contributed by atoms with Gasteiger partial charge in [-0.05, 0) is 38.5 Å². The number of quaternary nitrogens is 1. The van der Waals surface area contributed by atoms with Gasteiger partial charge in [0.05, 0.1) is 19.6 Å². The lowest BCUT2D eigenvalue weighted by Gasteiger charge is -2.39. The van der Waals surface area contributed by atoms with Gasteiger partial charge in [-0.15, -0.1) is 0 Å². The van der Waals surface area contributed by atoms with E-state index in [0.29, 0.717) is 0 Å². The fourth-order valence-electron chi connectivity index (χ4n) is 5.76. The molecule has 0 spiro atoms. The van der Waals surface area contributed by atoms with Crippen molar-refractivity contribution in [2.45, 2.75) is 162 Å². The fraction of sp³-hybridized carbons (Fsp3) is 0.824. The SMILES string of the molecule is CCCCCCCCC[N+](CCCCCCCCC)(CCCCCCCCC)Cc1ccccc1. The molecule has 0 saturated carbocycles. The van der Waals surface area contributed by atoms with Crippen LogP contribution in [0.25, 0.3) is 0 Å². The topological polar surface area (TPSA) is 0 Å². The molecule has 0 unspecified atom stereocenters. The quantitative estimate of drug-likeness (QED) is 0.0901. The Labute approximate surface area is 222 Å². The van der Waals surface area contributed by atoms with E-state index in [0.717, 1.165) is 0 Å². The summed E-state index contributed by atoms with van der Waals surface area (Å²) in [6, 6.07) is 11.4. The summed E-state index contributed by atoms with van der Waals surface area (Å²) in [6.07, 6.45) is 29.9. The molecule has 0 heterocycles. The van der Waals surface area contributed by atoms with Crippen molar-refractivity contribution in [3.63, 3.8) is 0 Å². The molecular formula is C34H64N+. The highest BCUT2D eigenvalue weighted by atomic mass is 15.3. The molecule has 0 aromatic heterocycles. The van der Waals surface area contributed by atoms with Crippen LogP contribution in [0.3, 0.4) is 0 Å². The Kier molecular flexibility index (Phi) is 21.7. The Morgan fingerprint density at radius 1 is 0.400 bits per heavy atom. The predicted molar refractivity (Wildman–Crippen MR) is 159 cm³/mol. The lowest BCUT2D eigenvalue weighted by Crippen LogP contribution is -2.49. The van der Waals surface area contributed by atoms with Crippen LogP contribution in [0.5, 0.6) is 0 Å². The Morgan fingerprint density at radius 3 is 1.06 bits per heavy atom. The van der Waals surface area contributed by atoms with E-state index in [-0.39, 0.29) is 0 Å². The zero-order valence-electron chi connectivity index (χ0n) is 24.5. The molecule has 0 N–H and O–H groups in total. The highest BCUT2D eigenvalue weighted by Gasteiger charge is 2.26. The molecule has 0 amide bonds. The summed E-state index contributed by atoms with van der Waals surface area (Å²) >= 11 is 0. The van der Waals surface area contributed by atoms with Gasteiger partial charge >= 0.3 is 0 Å². The van der Waals surface area contributed by atoms with Crippen LogP contribution in [0.1, 0.15) is 161 Å². The molecule has 1 aromatic carbocycles. The second kappa shape index (κ2) is 23.6. The third-order valence-electron chi connectivity index (χ3n) is 8.07. The lowest BCUT2D eigenvalue weighted by atomic mass is 10.0. The average Bonchev–Trinajstić information content (AvgIpc) is 2.88. The molecule has 0 aliphatic heterocycles. The average molecular weight is 487 g/mol. The van der Waals surface area contributed by atoms with Gasteiger partial charge in [0.2, 0.25) is 0 Å². The van der Waals surface area contributed by atoms with Gasteiger partial charge in [-0.1, -0.05) is 147 Å². The Bertz CT molecular complexity index is 491. The summed E-state index contributed by atoms with van der Waals surface area (Å²) in [5.41, 5.74) is 1.56. The molecule has 0 saturated heterocycles. The molecule has 1 heteroatoms. The third-order valence-corrected chi connectivity index (χ3v) is 8.07. The van der Waals surface area contributed by atoms with Crippen LogP contribution in [0.15, 0.2) is 30.3 Å². The van der Waals surface area contributed by atoms with Crippen molar-refractivity contribution >= 4 is 0 Å². The van der Waals surface area contributed by atoms with Crippen molar-refractivity contribution in [1.82, 2.24) is 0 Å². The summed E-state index contributed by atoms with van der Waals surface area (Å²) in [4.78, 5) is 0. The van der Waals surface area contributed by atoms with Crippen molar-refractivity contribution in [2.24, 2.45) is 0 Å². The van der Waals surface area contributed by atoms with Crippen LogP contribution in [-0.4, -0.2) is 24.1 Å². The van der Waals surface area contributed by atoms with Crippen LogP contribution in [-0.2, 0) is 6.54 Å². The number of rotatable bonds is 26. The fourth-order valence-corrected chi connectivity index (χ4v) is 5.76. The molecule has 1 aromatic rings. The summed E-state index contributed by atoms with van der Waals surface area (Å²) in [5.74, 6) is 0. The first-order valence-electron chi connectivity index (χ1n) is 16.2. The van der Waals surface area contributed by atoms with Crippen molar-refractivity contribution in [2.75, 3.05) is 19.6 Å². The van der Waals surface area contributed by atoms with E-state index in [4.69, 9.17) is 0 Å². The van der Waals surface area contributed by atoms with Crippen LogP contribution >= 0.6 is 0 Å². The minimum absolute atomic E-state index is 1.25. The molecule has 0 atom stereocenters. The molecule has 35 heavy (non-hydrogen) atoms. The van der Waals surface area contributed by atoms with Crippen molar-refractivity contribution in [3.05, 3.63) is 35.9 Å². The van der Waals surface area contributed by atoms with Gasteiger partial charge in [-0.3, -0.25) is 0 Å². The summed E-state index contributed by atoms with van der Waals surface area (Å²) in [7, 11) is 0. The van der Waals surface area contributed by atoms with E-state index in [1.165, 1.54) is 165 Å². The highest BCUT2D eigenvalue weighted by Crippen LogP contribution is 2.22. The van der Waals surface area contributed by atoms with E-state index in [2.05, 4.69) is 51.1 Å². The predicted octanol–water partition coefficient (Wildman–Crippen LogP) is 11.3. The Hall–Kier alpha value is -0.820. The second-order valence-electron chi connectivity index (χ2n) is 11.5. The zero-order valence-corrected chi connectivity index (χ0v) is 24.5. The van der Waals surface area contributed by atoms with Crippen LogP contribution < -0.4 is 0 Å². The monoisotopic (exact) mass is 487 g/mol. The number of benzene rings is 1. The molecule has 0 fully saturated rings. The van der Waals surface area contributed by atoms with Crippen molar-refractivity contribution < 1.29 is 4.48 Å². The largest absolute Gasteiger partial charge is 0.320 e. The molecule has 1 rings (SSSR count). The molecular weight excluding hydrogens is 422 g/mol. The van der Waals surface area contributed by atoms with Gasteiger partial charge in [-0.2, -0.15) is 0 Å². The minimum Gasteiger partial charge on any atom is -0.320 e. The second-order valence-corrected chi connectivity index (χ2v) is 11.5. The van der Waals surface area contributed by atoms with Crippen LogP contribution in [0.4, 0.5) is 0 Å². The smallest absolute Gasteiger partial charge is 0.104 e. The zero-order chi connectivity index (χ0) is 25.3.